The van der Waals surface area contributed by atoms with E-state index in [9.17, 15) is 4.39 Å². The van der Waals surface area contributed by atoms with Crippen LogP contribution in [0.4, 0.5) is 14.5 Å². The summed E-state index contributed by atoms with van der Waals surface area (Å²) < 4.78 is 41.7. The summed E-state index contributed by atoms with van der Waals surface area (Å²) in [6, 6.07) is 15.1. The molecule has 3 aromatic carbocycles. The number of nitrogens with two attached hydrogens (primary N) is 1. The molecule has 1 aromatic heterocycles. The largest absolute Gasteiger partial charge is 0.494 e. The fourth-order valence-corrected chi connectivity index (χ4v) is 3.77. The van der Waals surface area contributed by atoms with E-state index >= 15 is 4.39 Å². The molecule has 0 saturated heterocycles. The van der Waals surface area contributed by atoms with E-state index in [4.69, 9.17) is 20.6 Å². The molecule has 4 aromatic rings. The Bertz CT molecular complexity index is 1390. The summed E-state index contributed by atoms with van der Waals surface area (Å²) in [5.41, 5.74) is 7.11. The third-order valence-electron chi connectivity index (χ3n) is 5.42. The van der Waals surface area contributed by atoms with Crippen LogP contribution in [-0.2, 0) is 0 Å². The number of nitrogens with zero attached hydrogens (tertiary/aromatic N) is 2. The highest BCUT2D eigenvalue weighted by molar-refractivity contribution is 5.95. The van der Waals surface area contributed by atoms with E-state index in [1.54, 1.807) is 62.4 Å². The second kappa shape index (κ2) is 11.1. The van der Waals surface area contributed by atoms with Crippen LogP contribution in [0.2, 0.25) is 0 Å². The molecular formula is C27H28F2N6O2. The van der Waals surface area contributed by atoms with Gasteiger partial charge in [0.15, 0.2) is 23.2 Å². The number of ether oxygens (including phenoxy) is 2. The highest BCUT2D eigenvalue weighted by Gasteiger charge is 2.27. The van der Waals surface area contributed by atoms with E-state index in [1.165, 1.54) is 12.1 Å². The fraction of sp³-hybridized carbons (Fsp3) is 0.222. The number of benzene rings is 3. The van der Waals surface area contributed by atoms with Gasteiger partial charge in [0.1, 0.15) is 23.4 Å². The van der Waals surface area contributed by atoms with Crippen molar-refractivity contribution < 1.29 is 18.3 Å². The molecule has 192 valence electrons. The second-order valence-electron chi connectivity index (χ2n) is 8.52. The van der Waals surface area contributed by atoms with Gasteiger partial charge in [0, 0.05) is 22.9 Å². The van der Waals surface area contributed by atoms with Crippen LogP contribution in [0.1, 0.15) is 43.8 Å². The van der Waals surface area contributed by atoms with Gasteiger partial charge in [-0.3, -0.25) is 10.5 Å². The van der Waals surface area contributed by atoms with Gasteiger partial charge in [-0.25, -0.2) is 13.8 Å². The number of aromatic amines is 1. The van der Waals surface area contributed by atoms with Crippen LogP contribution in [0.3, 0.4) is 0 Å². The number of hydrogen-bond acceptors (Lipinski definition) is 6. The number of halogens is 2. The van der Waals surface area contributed by atoms with Gasteiger partial charge in [0.25, 0.3) is 0 Å². The van der Waals surface area contributed by atoms with Crippen molar-refractivity contribution in [2.75, 3.05) is 11.9 Å². The van der Waals surface area contributed by atoms with Crippen LogP contribution in [0.25, 0.3) is 11.4 Å². The van der Waals surface area contributed by atoms with Crippen molar-refractivity contribution in [2.24, 2.45) is 5.73 Å². The topological polar surface area (TPSA) is 122 Å². The second-order valence-corrected chi connectivity index (χ2v) is 8.52. The Labute approximate surface area is 213 Å². The molecule has 0 amide bonds. The quantitative estimate of drug-likeness (QED) is 0.168. The van der Waals surface area contributed by atoms with Crippen molar-refractivity contribution in [3.63, 3.8) is 0 Å². The van der Waals surface area contributed by atoms with Crippen LogP contribution in [0.5, 0.6) is 11.5 Å². The Balaban J connectivity index is 1.83. The highest BCUT2D eigenvalue weighted by Crippen LogP contribution is 2.36. The first-order chi connectivity index (χ1) is 17.8. The minimum absolute atomic E-state index is 0.0310. The van der Waals surface area contributed by atoms with Gasteiger partial charge in [0.2, 0.25) is 0 Å². The zero-order chi connectivity index (χ0) is 26.5. The maximum Gasteiger partial charge on any atom is 0.184 e. The van der Waals surface area contributed by atoms with E-state index in [-0.39, 0.29) is 40.5 Å². The normalized spacial score (nSPS) is 11.8. The molecule has 10 heteroatoms. The summed E-state index contributed by atoms with van der Waals surface area (Å²) in [5, 5.41) is 17.9. The standard InChI is InChI=1S/C27H28F2N6O2/c1-4-36-18-13-20(23(29)22(14-18)37-15(2)3)24(32-17-11-9-16(10-12-17)25(30)31)27-33-26(34-35-27)19-7-5-6-8-21(19)28/h5-15,24,32H,4H2,1-3H3,(H3,30,31)(H,33,34,35). The number of rotatable bonds is 10. The number of nitrogens with one attached hydrogen (secondary N) is 3. The summed E-state index contributed by atoms with van der Waals surface area (Å²) >= 11 is 0. The number of amidine groups is 1. The fourth-order valence-electron chi connectivity index (χ4n) is 3.77. The van der Waals surface area contributed by atoms with Crippen LogP contribution in [-0.4, -0.2) is 33.7 Å². The highest BCUT2D eigenvalue weighted by atomic mass is 19.1. The lowest BCUT2D eigenvalue weighted by Crippen LogP contribution is -2.18. The number of nitrogen functional groups attached to an aromatic ring is 1. The molecule has 37 heavy (non-hydrogen) atoms. The molecule has 0 fully saturated rings. The van der Waals surface area contributed by atoms with Gasteiger partial charge in [-0.05, 0) is 63.2 Å². The molecule has 0 aliphatic heterocycles. The Morgan fingerprint density at radius 3 is 2.49 bits per heavy atom. The Hall–Kier alpha value is -4.47. The van der Waals surface area contributed by atoms with Crippen LogP contribution >= 0.6 is 0 Å². The SMILES string of the molecule is CCOc1cc(OC(C)C)c(F)c(C(Nc2ccc(C(=N)N)cc2)c2nc(-c3ccccc3F)n[nH]2)c1. The monoisotopic (exact) mass is 506 g/mol. The lowest BCUT2D eigenvalue weighted by molar-refractivity contribution is 0.228. The van der Waals surface area contributed by atoms with Crippen molar-refractivity contribution >= 4 is 11.5 Å². The van der Waals surface area contributed by atoms with Crippen molar-refractivity contribution in [1.29, 1.82) is 5.41 Å². The first kappa shape index (κ1) is 25.6. The minimum Gasteiger partial charge on any atom is -0.494 e. The summed E-state index contributed by atoms with van der Waals surface area (Å²) in [6.07, 6.45) is -0.275. The zero-order valence-corrected chi connectivity index (χ0v) is 20.7. The van der Waals surface area contributed by atoms with Crippen molar-refractivity contribution in [3.8, 4) is 22.9 Å². The van der Waals surface area contributed by atoms with Crippen LogP contribution < -0.4 is 20.5 Å². The molecule has 1 atom stereocenters. The van der Waals surface area contributed by atoms with Gasteiger partial charge in [-0.1, -0.05) is 12.1 Å². The van der Waals surface area contributed by atoms with Gasteiger partial charge in [0.05, 0.1) is 18.3 Å². The maximum atomic E-state index is 15.9. The lowest BCUT2D eigenvalue weighted by atomic mass is 10.0. The number of hydrogen-bond donors (Lipinski definition) is 4. The summed E-state index contributed by atoms with van der Waals surface area (Å²) in [4.78, 5) is 4.50. The molecule has 5 N–H and O–H groups in total. The molecule has 0 aliphatic carbocycles. The van der Waals surface area contributed by atoms with E-state index in [1.807, 2.05) is 6.92 Å². The average molecular weight is 507 g/mol. The molecule has 0 aliphatic rings. The maximum absolute atomic E-state index is 15.9. The summed E-state index contributed by atoms with van der Waals surface area (Å²) in [6.45, 7) is 5.80. The molecule has 0 bridgehead atoms. The average Bonchev–Trinajstić information content (AvgIpc) is 3.35. The van der Waals surface area contributed by atoms with Crippen LogP contribution in [0, 0.1) is 17.0 Å². The van der Waals surface area contributed by atoms with Crippen molar-refractivity contribution in [1.82, 2.24) is 15.2 Å². The van der Waals surface area contributed by atoms with Crippen molar-refractivity contribution in [3.05, 3.63) is 89.2 Å². The Kier molecular flexibility index (Phi) is 7.66. The van der Waals surface area contributed by atoms with Gasteiger partial charge < -0.3 is 20.5 Å². The summed E-state index contributed by atoms with van der Waals surface area (Å²) in [7, 11) is 0. The van der Waals surface area contributed by atoms with E-state index in [0.717, 1.165) is 0 Å². The molecule has 1 heterocycles. The number of H-pyrrole nitrogens is 1. The van der Waals surface area contributed by atoms with Gasteiger partial charge in [-0.2, -0.15) is 5.10 Å². The molecular weight excluding hydrogens is 478 g/mol. The number of anilines is 1. The first-order valence-corrected chi connectivity index (χ1v) is 11.8. The number of aromatic nitrogens is 3. The zero-order valence-electron chi connectivity index (χ0n) is 20.7. The molecule has 4 rings (SSSR count). The van der Waals surface area contributed by atoms with Crippen LogP contribution in [0.15, 0.2) is 60.7 Å². The Morgan fingerprint density at radius 2 is 1.84 bits per heavy atom. The van der Waals surface area contributed by atoms with Crippen molar-refractivity contribution in [2.45, 2.75) is 32.9 Å². The third-order valence-corrected chi connectivity index (χ3v) is 5.42. The van der Waals surface area contributed by atoms with E-state index < -0.39 is 17.7 Å². The van der Waals surface area contributed by atoms with Gasteiger partial charge in [-0.15, -0.1) is 0 Å². The minimum atomic E-state index is -0.883. The van der Waals surface area contributed by atoms with E-state index in [0.29, 0.717) is 23.6 Å². The molecule has 1 unspecified atom stereocenters. The first-order valence-electron chi connectivity index (χ1n) is 11.8. The summed E-state index contributed by atoms with van der Waals surface area (Å²) in [5.74, 6) is -0.318. The smallest absolute Gasteiger partial charge is 0.184 e. The van der Waals surface area contributed by atoms with E-state index in [2.05, 4.69) is 20.5 Å². The lowest BCUT2D eigenvalue weighted by Gasteiger charge is -2.22. The Morgan fingerprint density at radius 1 is 1.11 bits per heavy atom. The third kappa shape index (κ3) is 5.85. The molecule has 0 spiro atoms. The molecule has 0 radical (unpaired) electrons. The molecule has 8 nitrogen and oxygen atoms in total. The molecule has 0 saturated carbocycles. The van der Waals surface area contributed by atoms with Gasteiger partial charge >= 0.3 is 0 Å². The predicted octanol–water partition coefficient (Wildman–Crippen LogP) is 5.42. The predicted molar refractivity (Wildman–Crippen MR) is 138 cm³/mol.